The number of benzene rings is 2. The molecule has 0 amide bonds. The maximum atomic E-state index is 12.6. The molecule has 0 N–H and O–H groups in total. The van der Waals surface area contributed by atoms with Crippen LogP contribution in [0.3, 0.4) is 0 Å². The van der Waals surface area contributed by atoms with Gasteiger partial charge in [0.05, 0.1) is 6.61 Å². The van der Waals surface area contributed by atoms with Crippen LogP contribution in [-0.2, 0) is 0 Å². The number of hydrogen-bond acceptors (Lipinski definition) is 3. The number of rotatable bonds is 8. The minimum absolute atomic E-state index is 0.138. The molecule has 0 saturated heterocycles. The van der Waals surface area contributed by atoms with Crippen molar-refractivity contribution < 1.29 is 9.53 Å². The van der Waals surface area contributed by atoms with E-state index in [1.807, 2.05) is 42.5 Å². The van der Waals surface area contributed by atoms with Gasteiger partial charge in [0.2, 0.25) is 0 Å². The first-order valence-electron chi connectivity index (χ1n) is 8.62. The van der Waals surface area contributed by atoms with Crippen molar-refractivity contribution in [2.45, 2.75) is 18.8 Å². The largest absolute Gasteiger partial charge is 0.494 e. The van der Waals surface area contributed by atoms with Crippen molar-refractivity contribution in [3.8, 4) is 5.75 Å². The smallest absolute Gasteiger partial charge is 0.166 e. The maximum absolute atomic E-state index is 12.6. The van der Waals surface area contributed by atoms with Gasteiger partial charge in [-0.05, 0) is 62.7 Å². The van der Waals surface area contributed by atoms with Gasteiger partial charge in [0.25, 0.3) is 0 Å². The van der Waals surface area contributed by atoms with Crippen LogP contribution in [0.25, 0.3) is 0 Å². The van der Waals surface area contributed by atoms with E-state index in [0.717, 1.165) is 30.7 Å². The standard InChI is InChI=1S/C21H25NO2/c1-22(2)13-6-14-24-18-11-9-17(10-12-18)21(23)20-15-19(20)16-7-4-3-5-8-16/h3-5,7-12,19-20H,6,13-15H2,1-2H3/t19-,20+/m0/s1. The molecule has 2 aromatic rings. The topological polar surface area (TPSA) is 29.5 Å². The first kappa shape index (κ1) is 16.7. The van der Waals surface area contributed by atoms with E-state index in [1.54, 1.807) is 0 Å². The Hall–Kier alpha value is -2.13. The van der Waals surface area contributed by atoms with Crippen LogP contribution in [0.2, 0.25) is 0 Å². The van der Waals surface area contributed by atoms with Gasteiger partial charge in [-0.3, -0.25) is 4.79 Å². The lowest BCUT2D eigenvalue weighted by atomic mass is 10.0. The summed E-state index contributed by atoms with van der Waals surface area (Å²) in [5, 5.41) is 0. The molecule has 3 nitrogen and oxygen atoms in total. The molecular formula is C21H25NO2. The Kier molecular flexibility index (Phi) is 5.31. The molecule has 3 heteroatoms. The van der Waals surface area contributed by atoms with E-state index in [-0.39, 0.29) is 11.7 Å². The van der Waals surface area contributed by atoms with Crippen LogP contribution in [0, 0.1) is 5.92 Å². The molecule has 0 bridgehead atoms. The molecule has 1 fully saturated rings. The average molecular weight is 323 g/mol. The summed E-state index contributed by atoms with van der Waals surface area (Å²) in [6.07, 6.45) is 1.96. The van der Waals surface area contributed by atoms with E-state index in [0.29, 0.717) is 12.5 Å². The van der Waals surface area contributed by atoms with Crippen LogP contribution >= 0.6 is 0 Å². The zero-order chi connectivity index (χ0) is 16.9. The fraction of sp³-hybridized carbons (Fsp3) is 0.381. The quantitative estimate of drug-likeness (QED) is 0.543. The number of hydrogen-bond donors (Lipinski definition) is 0. The minimum atomic E-state index is 0.138. The second kappa shape index (κ2) is 7.63. The van der Waals surface area contributed by atoms with Gasteiger partial charge in [0, 0.05) is 18.0 Å². The van der Waals surface area contributed by atoms with E-state index < -0.39 is 0 Å². The van der Waals surface area contributed by atoms with Crippen molar-refractivity contribution in [2.75, 3.05) is 27.2 Å². The molecule has 3 rings (SSSR count). The van der Waals surface area contributed by atoms with Gasteiger partial charge in [-0.15, -0.1) is 0 Å². The summed E-state index contributed by atoms with van der Waals surface area (Å²) in [6, 6.07) is 17.9. The predicted octanol–water partition coefficient (Wildman–Crippen LogP) is 4.00. The lowest BCUT2D eigenvalue weighted by Gasteiger charge is -2.10. The maximum Gasteiger partial charge on any atom is 0.166 e. The van der Waals surface area contributed by atoms with Crippen LogP contribution < -0.4 is 4.74 Å². The van der Waals surface area contributed by atoms with Crippen molar-refractivity contribution in [3.05, 3.63) is 65.7 Å². The highest BCUT2D eigenvalue weighted by atomic mass is 16.5. The fourth-order valence-electron chi connectivity index (χ4n) is 3.05. The molecule has 0 unspecified atom stereocenters. The summed E-state index contributed by atoms with van der Waals surface area (Å²) < 4.78 is 5.72. The minimum Gasteiger partial charge on any atom is -0.494 e. The van der Waals surface area contributed by atoms with Crippen LogP contribution in [0.4, 0.5) is 0 Å². The van der Waals surface area contributed by atoms with E-state index in [1.165, 1.54) is 5.56 Å². The van der Waals surface area contributed by atoms with Gasteiger partial charge in [-0.1, -0.05) is 30.3 Å². The van der Waals surface area contributed by atoms with Crippen molar-refractivity contribution in [1.82, 2.24) is 4.90 Å². The SMILES string of the molecule is CN(C)CCCOc1ccc(C(=O)[C@@H]2C[C@H]2c2ccccc2)cc1. The van der Waals surface area contributed by atoms with Crippen molar-refractivity contribution >= 4 is 5.78 Å². The monoisotopic (exact) mass is 323 g/mol. The summed E-state index contributed by atoms with van der Waals surface area (Å²) in [5.74, 6) is 1.61. The summed E-state index contributed by atoms with van der Waals surface area (Å²) in [4.78, 5) is 14.7. The molecule has 1 saturated carbocycles. The molecule has 2 aromatic carbocycles. The third-order valence-electron chi connectivity index (χ3n) is 4.51. The predicted molar refractivity (Wildman–Crippen MR) is 96.7 cm³/mol. The molecule has 0 aliphatic heterocycles. The van der Waals surface area contributed by atoms with Crippen molar-refractivity contribution in [1.29, 1.82) is 0 Å². The highest BCUT2D eigenvalue weighted by molar-refractivity contribution is 6.00. The zero-order valence-corrected chi connectivity index (χ0v) is 14.4. The molecule has 0 radical (unpaired) electrons. The Balaban J connectivity index is 1.52. The molecular weight excluding hydrogens is 298 g/mol. The summed E-state index contributed by atoms with van der Waals surface area (Å²) in [6.45, 7) is 1.71. The van der Waals surface area contributed by atoms with E-state index in [4.69, 9.17) is 4.74 Å². The fourth-order valence-corrected chi connectivity index (χ4v) is 3.05. The average Bonchev–Trinajstić information content (AvgIpc) is 3.40. The Morgan fingerprint density at radius 1 is 1.08 bits per heavy atom. The van der Waals surface area contributed by atoms with Gasteiger partial charge < -0.3 is 9.64 Å². The third-order valence-corrected chi connectivity index (χ3v) is 4.51. The number of ketones is 1. The molecule has 1 aliphatic carbocycles. The molecule has 2 atom stereocenters. The lowest BCUT2D eigenvalue weighted by molar-refractivity contribution is 0.0965. The Morgan fingerprint density at radius 3 is 2.46 bits per heavy atom. The van der Waals surface area contributed by atoms with E-state index in [2.05, 4.69) is 31.1 Å². The van der Waals surface area contributed by atoms with Crippen LogP contribution in [-0.4, -0.2) is 37.9 Å². The normalized spacial score (nSPS) is 19.3. The second-order valence-corrected chi connectivity index (χ2v) is 6.75. The van der Waals surface area contributed by atoms with Gasteiger partial charge in [-0.2, -0.15) is 0 Å². The first-order chi connectivity index (χ1) is 11.6. The van der Waals surface area contributed by atoms with Gasteiger partial charge >= 0.3 is 0 Å². The highest BCUT2D eigenvalue weighted by Gasteiger charge is 2.43. The van der Waals surface area contributed by atoms with Gasteiger partial charge in [0.15, 0.2) is 5.78 Å². The highest BCUT2D eigenvalue weighted by Crippen LogP contribution is 2.49. The number of carbonyl (C=O) groups excluding carboxylic acids is 1. The summed E-state index contributed by atoms with van der Waals surface area (Å²) in [5.41, 5.74) is 2.07. The molecule has 126 valence electrons. The number of ether oxygens (including phenoxy) is 1. The molecule has 1 aliphatic rings. The van der Waals surface area contributed by atoms with Crippen molar-refractivity contribution in [3.63, 3.8) is 0 Å². The third kappa shape index (κ3) is 4.24. The Labute approximate surface area is 144 Å². The van der Waals surface area contributed by atoms with Crippen molar-refractivity contribution in [2.24, 2.45) is 5.92 Å². The number of nitrogens with zero attached hydrogens (tertiary/aromatic N) is 1. The summed E-state index contributed by atoms with van der Waals surface area (Å²) in [7, 11) is 4.11. The van der Waals surface area contributed by atoms with Crippen LogP contribution in [0.1, 0.15) is 34.7 Å². The molecule has 0 heterocycles. The second-order valence-electron chi connectivity index (χ2n) is 6.75. The first-order valence-corrected chi connectivity index (χ1v) is 8.62. The Morgan fingerprint density at radius 2 is 1.79 bits per heavy atom. The number of carbonyl (C=O) groups is 1. The lowest BCUT2D eigenvalue weighted by Crippen LogP contribution is -2.15. The van der Waals surface area contributed by atoms with Crippen LogP contribution in [0.15, 0.2) is 54.6 Å². The zero-order valence-electron chi connectivity index (χ0n) is 14.4. The number of Topliss-reactive ketones (excluding diaryl/α,β-unsaturated/α-hetero) is 1. The summed E-state index contributed by atoms with van der Waals surface area (Å²) >= 11 is 0. The van der Waals surface area contributed by atoms with Crippen LogP contribution in [0.5, 0.6) is 5.75 Å². The van der Waals surface area contributed by atoms with Gasteiger partial charge in [-0.25, -0.2) is 0 Å². The van der Waals surface area contributed by atoms with Gasteiger partial charge in [0.1, 0.15) is 5.75 Å². The molecule has 24 heavy (non-hydrogen) atoms. The van der Waals surface area contributed by atoms with E-state index >= 15 is 0 Å². The molecule has 0 aromatic heterocycles. The van der Waals surface area contributed by atoms with E-state index in [9.17, 15) is 4.79 Å². The Bertz CT molecular complexity index is 664. The molecule has 0 spiro atoms.